The van der Waals surface area contributed by atoms with E-state index < -0.39 is 23.6 Å². The van der Waals surface area contributed by atoms with Gasteiger partial charge in [-0.2, -0.15) is 0 Å². The molecule has 116 valence electrons. The zero-order chi connectivity index (χ0) is 16.9. The highest BCUT2D eigenvalue weighted by molar-refractivity contribution is 9.12. The van der Waals surface area contributed by atoms with Gasteiger partial charge in [-0.15, -0.1) is 0 Å². The number of carbonyl (C=O) groups is 4. The monoisotopic (exact) mass is 434 g/mol. The van der Waals surface area contributed by atoms with E-state index in [9.17, 15) is 19.2 Å². The van der Waals surface area contributed by atoms with Crippen molar-refractivity contribution in [2.24, 2.45) is 0 Å². The molecule has 0 aromatic rings. The summed E-state index contributed by atoms with van der Waals surface area (Å²) < 4.78 is 4.21. The molecule has 0 aromatic heterocycles. The van der Waals surface area contributed by atoms with Crippen molar-refractivity contribution in [3.05, 3.63) is 20.4 Å². The van der Waals surface area contributed by atoms with Gasteiger partial charge in [-0.05, 0) is 38.8 Å². The summed E-state index contributed by atoms with van der Waals surface area (Å²) in [5, 5.41) is 12.8. The standard InChI is InChI=1S/C12H8Br2N2O6/c1-2-22-12(21)16-9-7(14)10(19)8(6(13)11(9)20)15-4-3-5(17)18/h15H,2H2,1H3,(H,16,21)(H,17,18). The molecule has 8 nitrogen and oxygen atoms in total. The molecule has 0 unspecified atom stereocenters. The minimum absolute atomic E-state index is 0.0907. The number of ether oxygens (including phenoxy) is 1. The van der Waals surface area contributed by atoms with E-state index in [0.717, 1.165) is 0 Å². The van der Waals surface area contributed by atoms with Gasteiger partial charge in [0.15, 0.2) is 0 Å². The molecule has 10 heteroatoms. The zero-order valence-corrected chi connectivity index (χ0v) is 14.1. The highest BCUT2D eigenvalue weighted by Gasteiger charge is 2.33. The minimum Gasteiger partial charge on any atom is -0.472 e. The SMILES string of the molecule is CCOC(=O)NC1=C(Br)C(=O)C(NC#CC(=O)O)=C(Br)C1=O. The van der Waals surface area contributed by atoms with E-state index in [1.54, 1.807) is 12.8 Å². The van der Waals surface area contributed by atoms with Crippen LogP contribution in [0.2, 0.25) is 0 Å². The number of amides is 1. The van der Waals surface area contributed by atoms with Crippen molar-refractivity contribution in [2.45, 2.75) is 6.92 Å². The number of alkyl carbamates (subject to hydrolysis) is 1. The van der Waals surface area contributed by atoms with Crippen LogP contribution in [0.4, 0.5) is 4.79 Å². The maximum Gasteiger partial charge on any atom is 0.411 e. The van der Waals surface area contributed by atoms with Crippen LogP contribution < -0.4 is 10.6 Å². The van der Waals surface area contributed by atoms with Crippen LogP contribution in [0.1, 0.15) is 6.92 Å². The maximum absolute atomic E-state index is 12.1. The van der Waals surface area contributed by atoms with Crippen LogP contribution in [0.3, 0.4) is 0 Å². The zero-order valence-electron chi connectivity index (χ0n) is 11.0. The number of carboxylic acids is 1. The molecule has 22 heavy (non-hydrogen) atoms. The number of ketones is 2. The van der Waals surface area contributed by atoms with Crippen molar-refractivity contribution in [3.63, 3.8) is 0 Å². The van der Waals surface area contributed by atoms with Crippen LogP contribution in [0.5, 0.6) is 0 Å². The molecule has 0 aromatic carbocycles. The summed E-state index contributed by atoms with van der Waals surface area (Å²) >= 11 is 5.82. The summed E-state index contributed by atoms with van der Waals surface area (Å²) in [5.41, 5.74) is -0.549. The predicted molar refractivity (Wildman–Crippen MR) is 80.6 cm³/mol. The van der Waals surface area contributed by atoms with Gasteiger partial charge in [-0.25, -0.2) is 9.59 Å². The molecule has 0 spiro atoms. The Morgan fingerprint density at radius 2 is 1.73 bits per heavy atom. The average Bonchev–Trinajstić information content (AvgIpc) is 2.45. The van der Waals surface area contributed by atoms with Crippen molar-refractivity contribution >= 4 is 55.5 Å². The Morgan fingerprint density at radius 3 is 2.27 bits per heavy atom. The molecule has 0 bridgehead atoms. The van der Waals surface area contributed by atoms with Crippen molar-refractivity contribution in [1.82, 2.24) is 10.6 Å². The molecule has 0 radical (unpaired) electrons. The third-order valence-electron chi connectivity index (χ3n) is 2.15. The van der Waals surface area contributed by atoms with E-state index in [1.807, 2.05) is 6.04 Å². The van der Waals surface area contributed by atoms with E-state index in [-0.39, 0.29) is 27.0 Å². The van der Waals surface area contributed by atoms with Gasteiger partial charge < -0.3 is 15.2 Å². The average molecular weight is 436 g/mol. The summed E-state index contributed by atoms with van der Waals surface area (Å²) in [7, 11) is 0. The van der Waals surface area contributed by atoms with E-state index in [4.69, 9.17) is 5.11 Å². The van der Waals surface area contributed by atoms with Crippen LogP contribution in [0.25, 0.3) is 0 Å². The van der Waals surface area contributed by atoms with Gasteiger partial charge in [0, 0.05) is 12.0 Å². The smallest absolute Gasteiger partial charge is 0.411 e. The van der Waals surface area contributed by atoms with Crippen LogP contribution in [-0.4, -0.2) is 35.3 Å². The minimum atomic E-state index is -1.40. The summed E-state index contributed by atoms with van der Waals surface area (Å²) in [6.45, 7) is 1.67. The molecule has 1 amide bonds. The van der Waals surface area contributed by atoms with Crippen molar-refractivity contribution in [1.29, 1.82) is 0 Å². The van der Waals surface area contributed by atoms with Crippen LogP contribution in [0.15, 0.2) is 20.4 Å². The second-order valence-electron chi connectivity index (χ2n) is 3.56. The van der Waals surface area contributed by atoms with Crippen molar-refractivity contribution in [2.75, 3.05) is 6.61 Å². The van der Waals surface area contributed by atoms with Crippen molar-refractivity contribution < 1.29 is 29.0 Å². The highest BCUT2D eigenvalue weighted by Crippen LogP contribution is 2.29. The first-order valence-electron chi connectivity index (χ1n) is 5.62. The lowest BCUT2D eigenvalue weighted by atomic mass is 10.1. The second kappa shape index (κ2) is 7.77. The molecular weight excluding hydrogens is 428 g/mol. The lowest BCUT2D eigenvalue weighted by Gasteiger charge is -2.17. The molecule has 0 saturated carbocycles. The van der Waals surface area contributed by atoms with Gasteiger partial charge in [-0.1, -0.05) is 0 Å². The number of nitrogens with one attached hydrogen (secondary N) is 2. The van der Waals surface area contributed by atoms with Crippen LogP contribution >= 0.6 is 31.9 Å². The number of rotatable bonds is 3. The Balaban J connectivity index is 3.06. The van der Waals surface area contributed by atoms with E-state index >= 15 is 0 Å². The van der Waals surface area contributed by atoms with Gasteiger partial charge >= 0.3 is 12.1 Å². The Bertz CT molecular complexity index is 683. The van der Waals surface area contributed by atoms with Gasteiger partial charge in [0.05, 0.1) is 15.6 Å². The predicted octanol–water partition coefficient (Wildman–Crippen LogP) is 0.732. The number of halogens is 2. The molecule has 1 aliphatic rings. The molecule has 0 heterocycles. The van der Waals surface area contributed by atoms with E-state index in [2.05, 4.69) is 47.2 Å². The summed E-state index contributed by atoms with van der Waals surface area (Å²) in [5.74, 6) is -1.07. The quantitative estimate of drug-likeness (QED) is 0.339. The fourth-order valence-corrected chi connectivity index (χ4v) is 2.24. The Labute approximate surface area is 141 Å². The van der Waals surface area contributed by atoms with Gasteiger partial charge in [-0.3, -0.25) is 14.9 Å². The number of aliphatic carboxylic acids is 1. The van der Waals surface area contributed by atoms with Crippen LogP contribution in [0, 0.1) is 12.0 Å². The van der Waals surface area contributed by atoms with E-state index in [0.29, 0.717) is 0 Å². The van der Waals surface area contributed by atoms with Gasteiger partial charge in [0.25, 0.3) is 0 Å². The van der Waals surface area contributed by atoms with E-state index in [1.165, 1.54) is 0 Å². The maximum atomic E-state index is 12.1. The molecule has 1 rings (SSSR count). The fourth-order valence-electron chi connectivity index (χ4n) is 1.29. The highest BCUT2D eigenvalue weighted by atomic mass is 79.9. The number of Topliss-reactive ketones (excluding diaryl/α,β-unsaturated/α-hetero) is 2. The first kappa shape index (κ1) is 17.9. The number of allylic oxidation sites excluding steroid dienone is 2. The largest absolute Gasteiger partial charge is 0.472 e. The molecule has 0 saturated heterocycles. The third-order valence-corrected chi connectivity index (χ3v) is 3.66. The molecule has 0 aliphatic heterocycles. The number of carbonyl (C=O) groups excluding carboxylic acids is 3. The first-order valence-corrected chi connectivity index (χ1v) is 7.20. The van der Waals surface area contributed by atoms with Crippen molar-refractivity contribution in [3.8, 4) is 12.0 Å². The number of hydrogen-bond donors (Lipinski definition) is 3. The lowest BCUT2D eigenvalue weighted by molar-refractivity contribution is -0.130. The number of hydrogen-bond acceptors (Lipinski definition) is 6. The molecule has 1 aliphatic carbocycles. The Morgan fingerprint density at radius 1 is 1.18 bits per heavy atom. The molecular formula is C12H8Br2N2O6. The molecule has 3 N–H and O–H groups in total. The second-order valence-corrected chi connectivity index (χ2v) is 5.15. The summed E-state index contributed by atoms with van der Waals surface area (Å²) in [6, 6.07) is 2.02. The summed E-state index contributed by atoms with van der Waals surface area (Å²) in [4.78, 5) is 45.9. The molecule has 0 fully saturated rings. The third kappa shape index (κ3) is 4.19. The number of carboxylic acid groups (broad SMARTS) is 1. The Hall–Kier alpha value is -2.12. The fraction of sp³-hybridized carbons (Fsp3) is 0.167. The topological polar surface area (TPSA) is 122 Å². The lowest BCUT2D eigenvalue weighted by Crippen LogP contribution is -2.35. The Kier molecular flexibility index (Phi) is 6.33. The van der Waals surface area contributed by atoms with Gasteiger partial charge in [0.1, 0.15) is 11.4 Å². The normalized spacial score (nSPS) is 14.3. The van der Waals surface area contributed by atoms with Crippen LogP contribution in [-0.2, 0) is 19.1 Å². The molecule has 0 atom stereocenters. The summed E-state index contributed by atoms with van der Waals surface area (Å²) in [6.07, 6.45) is -0.891. The first-order chi connectivity index (χ1) is 10.3. The van der Waals surface area contributed by atoms with Gasteiger partial charge in [0.2, 0.25) is 11.6 Å².